The molecule has 0 bridgehead atoms. The molecule has 206 valence electrons. The summed E-state index contributed by atoms with van der Waals surface area (Å²) in [6.07, 6.45) is 0.416. The molecule has 0 aliphatic carbocycles. The van der Waals surface area contributed by atoms with Crippen LogP contribution in [0.25, 0.3) is 10.9 Å². The monoisotopic (exact) mass is 549 g/mol. The standard InChI is InChI=1S/C32H27N3O6/c36-30-25-16-28(39-19-22-10-4-1-5-11-22)29(40-20-23-12-6-2-7-13-23)17-27(25)33-18-26(30)31(37)34-35-32(38)41-21-24-14-8-3-9-15-24/h1-18H,19-21H2,(H,33,36)(H,34,37)(H,35,38). The molecule has 0 fully saturated rings. The van der Waals surface area contributed by atoms with E-state index in [9.17, 15) is 14.4 Å². The molecule has 1 aromatic heterocycles. The second-order valence-electron chi connectivity index (χ2n) is 9.07. The number of hydrazine groups is 1. The van der Waals surface area contributed by atoms with Crippen LogP contribution in [-0.2, 0) is 24.6 Å². The zero-order valence-electron chi connectivity index (χ0n) is 22.0. The zero-order chi connectivity index (χ0) is 28.4. The maximum atomic E-state index is 13.3. The summed E-state index contributed by atoms with van der Waals surface area (Å²) in [4.78, 5) is 41.1. The van der Waals surface area contributed by atoms with Gasteiger partial charge in [-0.15, -0.1) is 0 Å². The van der Waals surface area contributed by atoms with Crippen LogP contribution in [0.3, 0.4) is 0 Å². The van der Waals surface area contributed by atoms with Crippen LogP contribution in [0.2, 0.25) is 0 Å². The minimum Gasteiger partial charge on any atom is -0.485 e. The highest BCUT2D eigenvalue weighted by Gasteiger charge is 2.17. The topological polar surface area (TPSA) is 119 Å². The van der Waals surface area contributed by atoms with Crippen molar-refractivity contribution in [2.75, 3.05) is 0 Å². The van der Waals surface area contributed by atoms with E-state index in [0.29, 0.717) is 23.6 Å². The second-order valence-corrected chi connectivity index (χ2v) is 9.07. The third-order valence-electron chi connectivity index (χ3n) is 6.15. The summed E-state index contributed by atoms with van der Waals surface area (Å²) < 4.78 is 17.2. The largest absolute Gasteiger partial charge is 0.485 e. The van der Waals surface area contributed by atoms with Crippen molar-refractivity contribution in [1.29, 1.82) is 0 Å². The summed E-state index contributed by atoms with van der Waals surface area (Å²) in [5, 5.41) is 0.222. The molecule has 0 saturated carbocycles. The summed E-state index contributed by atoms with van der Waals surface area (Å²) in [5.41, 5.74) is 6.78. The molecule has 2 amide bonds. The predicted molar refractivity (Wildman–Crippen MR) is 153 cm³/mol. The van der Waals surface area contributed by atoms with Gasteiger partial charge in [-0.05, 0) is 22.8 Å². The Bertz CT molecular complexity index is 1690. The van der Waals surface area contributed by atoms with Crippen molar-refractivity contribution in [3.63, 3.8) is 0 Å². The van der Waals surface area contributed by atoms with Crippen LogP contribution >= 0.6 is 0 Å². The van der Waals surface area contributed by atoms with Gasteiger partial charge in [0.1, 0.15) is 25.4 Å². The molecule has 4 aromatic carbocycles. The van der Waals surface area contributed by atoms with Gasteiger partial charge in [-0.1, -0.05) is 91.0 Å². The van der Waals surface area contributed by atoms with Crippen molar-refractivity contribution in [3.8, 4) is 11.5 Å². The first-order valence-corrected chi connectivity index (χ1v) is 12.9. The van der Waals surface area contributed by atoms with Gasteiger partial charge in [0.15, 0.2) is 11.5 Å². The number of hydrogen-bond donors (Lipinski definition) is 3. The molecule has 9 heteroatoms. The Labute approximate surface area is 235 Å². The maximum absolute atomic E-state index is 13.3. The first-order chi connectivity index (χ1) is 20.1. The molecule has 0 atom stereocenters. The minimum absolute atomic E-state index is 0.0273. The van der Waals surface area contributed by atoms with Crippen molar-refractivity contribution in [3.05, 3.63) is 142 Å². The Hall–Kier alpha value is -5.57. The zero-order valence-corrected chi connectivity index (χ0v) is 22.0. The number of carbonyl (C=O) groups excluding carboxylic acids is 2. The molecule has 0 aliphatic heterocycles. The lowest BCUT2D eigenvalue weighted by Gasteiger charge is -2.15. The Balaban J connectivity index is 1.33. The van der Waals surface area contributed by atoms with Crippen molar-refractivity contribution in [1.82, 2.24) is 15.8 Å². The second kappa shape index (κ2) is 13.0. The summed E-state index contributed by atoms with van der Waals surface area (Å²) in [5.74, 6) is -0.0168. The molecule has 1 heterocycles. The van der Waals surface area contributed by atoms with E-state index in [-0.39, 0.29) is 24.2 Å². The number of rotatable bonds is 9. The Morgan fingerprint density at radius 3 is 1.73 bits per heavy atom. The van der Waals surface area contributed by atoms with Crippen LogP contribution < -0.4 is 25.8 Å². The number of benzene rings is 4. The first-order valence-electron chi connectivity index (χ1n) is 12.9. The van der Waals surface area contributed by atoms with Gasteiger partial charge in [-0.2, -0.15) is 0 Å². The Morgan fingerprint density at radius 1 is 0.659 bits per heavy atom. The normalized spacial score (nSPS) is 10.5. The highest BCUT2D eigenvalue weighted by Crippen LogP contribution is 2.32. The molecule has 3 N–H and O–H groups in total. The number of aromatic nitrogens is 1. The average molecular weight is 550 g/mol. The molecule has 5 aromatic rings. The lowest BCUT2D eigenvalue weighted by atomic mass is 10.1. The van der Waals surface area contributed by atoms with E-state index in [2.05, 4.69) is 15.8 Å². The number of nitrogens with one attached hydrogen (secondary N) is 3. The van der Waals surface area contributed by atoms with Crippen LogP contribution in [0.15, 0.2) is 114 Å². The lowest BCUT2D eigenvalue weighted by molar-refractivity contribution is 0.0903. The van der Waals surface area contributed by atoms with Crippen molar-refractivity contribution >= 4 is 22.9 Å². The van der Waals surface area contributed by atoms with Crippen LogP contribution in [0.5, 0.6) is 11.5 Å². The van der Waals surface area contributed by atoms with Crippen molar-refractivity contribution in [2.45, 2.75) is 19.8 Å². The number of aromatic amines is 1. The molecule has 0 aliphatic rings. The summed E-state index contributed by atoms with van der Waals surface area (Å²) in [6.45, 7) is 0.575. The quantitative estimate of drug-likeness (QED) is 0.216. The van der Waals surface area contributed by atoms with E-state index in [1.165, 1.54) is 6.20 Å². The molecule has 5 rings (SSSR count). The van der Waals surface area contributed by atoms with E-state index in [0.717, 1.165) is 16.7 Å². The fraction of sp³-hybridized carbons (Fsp3) is 0.0938. The molecular formula is C32H27N3O6. The van der Waals surface area contributed by atoms with Gasteiger partial charge in [0.25, 0.3) is 5.91 Å². The summed E-state index contributed by atoms with van der Waals surface area (Å²) >= 11 is 0. The summed E-state index contributed by atoms with van der Waals surface area (Å²) in [7, 11) is 0. The van der Waals surface area contributed by atoms with Crippen LogP contribution in [-0.4, -0.2) is 17.0 Å². The SMILES string of the molecule is O=C(NNC(=O)c1c[nH]c2cc(OCc3ccccc3)c(OCc3ccccc3)cc2c1=O)OCc1ccccc1. The number of pyridine rings is 1. The van der Waals surface area contributed by atoms with Gasteiger partial charge in [0.2, 0.25) is 5.43 Å². The van der Waals surface area contributed by atoms with Crippen LogP contribution in [0.4, 0.5) is 4.79 Å². The van der Waals surface area contributed by atoms with Gasteiger partial charge in [0, 0.05) is 12.3 Å². The molecule has 0 radical (unpaired) electrons. The highest BCUT2D eigenvalue weighted by atomic mass is 16.6. The molecule has 0 spiro atoms. The maximum Gasteiger partial charge on any atom is 0.426 e. The van der Waals surface area contributed by atoms with Gasteiger partial charge in [0.05, 0.1) is 10.9 Å². The smallest absolute Gasteiger partial charge is 0.426 e. The number of carbonyl (C=O) groups is 2. The Morgan fingerprint density at radius 2 is 1.17 bits per heavy atom. The van der Waals surface area contributed by atoms with E-state index in [4.69, 9.17) is 14.2 Å². The fourth-order valence-corrected chi connectivity index (χ4v) is 4.03. The number of H-pyrrole nitrogens is 1. The minimum atomic E-state index is -0.865. The first kappa shape index (κ1) is 27.0. The molecule has 9 nitrogen and oxygen atoms in total. The number of fused-ring (bicyclic) bond motifs is 1. The summed E-state index contributed by atoms with van der Waals surface area (Å²) in [6, 6.07) is 31.6. The molecular weight excluding hydrogens is 522 g/mol. The Kier molecular flexibility index (Phi) is 8.56. The van der Waals surface area contributed by atoms with Crippen molar-refractivity contribution < 1.29 is 23.8 Å². The van der Waals surface area contributed by atoms with E-state index in [1.54, 1.807) is 24.3 Å². The lowest BCUT2D eigenvalue weighted by Crippen LogP contribution is -2.43. The molecule has 41 heavy (non-hydrogen) atoms. The van der Waals surface area contributed by atoms with Gasteiger partial charge >= 0.3 is 6.09 Å². The molecule has 0 saturated heterocycles. The van der Waals surface area contributed by atoms with E-state index < -0.39 is 17.4 Å². The van der Waals surface area contributed by atoms with E-state index >= 15 is 0 Å². The third-order valence-corrected chi connectivity index (χ3v) is 6.15. The van der Waals surface area contributed by atoms with Crippen molar-refractivity contribution in [2.24, 2.45) is 0 Å². The fourth-order valence-electron chi connectivity index (χ4n) is 4.03. The van der Waals surface area contributed by atoms with E-state index in [1.807, 2.05) is 78.9 Å². The van der Waals surface area contributed by atoms with Gasteiger partial charge < -0.3 is 19.2 Å². The van der Waals surface area contributed by atoms with Gasteiger partial charge in [-0.25, -0.2) is 10.2 Å². The predicted octanol–water partition coefficient (Wildman–Crippen LogP) is 5.26. The third kappa shape index (κ3) is 7.10. The average Bonchev–Trinajstić information content (AvgIpc) is 3.02. The number of amides is 2. The molecule has 0 unspecified atom stereocenters. The van der Waals surface area contributed by atoms with Gasteiger partial charge in [-0.3, -0.25) is 15.0 Å². The van der Waals surface area contributed by atoms with Crippen LogP contribution in [0.1, 0.15) is 27.0 Å². The number of hydrogen-bond acceptors (Lipinski definition) is 6. The highest BCUT2D eigenvalue weighted by molar-refractivity contribution is 5.98. The number of ether oxygens (including phenoxy) is 3. The van der Waals surface area contributed by atoms with Crippen LogP contribution in [0, 0.1) is 0 Å².